The summed E-state index contributed by atoms with van der Waals surface area (Å²) in [5, 5.41) is 3.20. The highest BCUT2D eigenvalue weighted by Crippen LogP contribution is 2.28. The van der Waals surface area contributed by atoms with Crippen molar-refractivity contribution in [2.45, 2.75) is 12.5 Å². The maximum Gasteiger partial charge on any atom is 0.139 e. The SMILES string of the molecule is Fc1cc(NCC2Cc3ccccc3O2)ccc1Br. The maximum absolute atomic E-state index is 13.4. The molecular weight excluding hydrogens is 309 g/mol. The largest absolute Gasteiger partial charge is 0.488 e. The molecule has 1 N–H and O–H groups in total. The fourth-order valence-electron chi connectivity index (χ4n) is 2.21. The van der Waals surface area contributed by atoms with Crippen LogP contribution in [0.4, 0.5) is 10.1 Å². The van der Waals surface area contributed by atoms with Crippen LogP contribution in [-0.2, 0) is 6.42 Å². The molecule has 0 amide bonds. The number of halogens is 2. The Morgan fingerprint density at radius 1 is 1.26 bits per heavy atom. The Morgan fingerprint density at radius 2 is 2.11 bits per heavy atom. The molecule has 98 valence electrons. The third-order valence-corrected chi connectivity index (χ3v) is 3.81. The molecule has 1 aliphatic heterocycles. The summed E-state index contributed by atoms with van der Waals surface area (Å²) in [6.45, 7) is 0.662. The van der Waals surface area contributed by atoms with E-state index >= 15 is 0 Å². The second-order valence-corrected chi connectivity index (χ2v) is 5.42. The topological polar surface area (TPSA) is 21.3 Å². The molecule has 2 aromatic rings. The summed E-state index contributed by atoms with van der Waals surface area (Å²) in [6, 6.07) is 13.1. The number of benzene rings is 2. The molecule has 0 radical (unpaired) electrons. The summed E-state index contributed by atoms with van der Waals surface area (Å²) in [6.07, 6.45) is 0.992. The highest BCUT2D eigenvalue weighted by Gasteiger charge is 2.21. The van der Waals surface area contributed by atoms with E-state index in [-0.39, 0.29) is 11.9 Å². The fraction of sp³-hybridized carbons (Fsp3) is 0.200. The minimum absolute atomic E-state index is 0.101. The lowest BCUT2D eigenvalue weighted by Crippen LogP contribution is -2.23. The first-order valence-corrected chi connectivity index (χ1v) is 6.95. The summed E-state index contributed by atoms with van der Waals surface area (Å²) < 4.78 is 19.7. The zero-order chi connectivity index (χ0) is 13.2. The monoisotopic (exact) mass is 321 g/mol. The number of fused-ring (bicyclic) bond motifs is 1. The maximum atomic E-state index is 13.4. The number of ether oxygens (including phenoxy) is 1. The van der Waals surface area contributed by atoms with Crippen LogP contribution < -0.4 is 10.1 Å². The summed E-state index contributed by atoms with van der Waals surface area (Å²) >= 11 is 3.14. The Hall–Kier alpha value is -1.55. The van der Waals surface area contributed by atoms with E-state index in [1.54, 1.807) is 6.07 Å². The molecule has 0 aliphatic carbocycles. The van der Waals surface area contributed by atoms with E-state index in [0.717, 1.165) is 17.9 Å². The molecule has 1 unspecified atom stereocenters. The van der Waals surface area contributed by atoms with Crippen molar-refractivity contribution in [3.05, 3.63) is 58.3 Å². The van der Waals surface area contributed by atoms with Gasteiger partial charge >= 0.3 is 0 Å². The molecule has 1 atom stereocenters. The lowest BCUT2D eigenvalue weighted by molar-refractivity contribution is 0.246. The van der Waals surface area contributed by atoms with Crippen LogP contribution in [0.2, 0.25) is 0 Å². The lowest BCUT2D eigenvalue weighted by atomic mass is 10.1. The lowest BCUT2D eigenvalue weighted by Gasteiger charge is -2.13. The summed E-state index contributed by atoms with van der Waals surface area (Å²) in [7, 11) is 0. The molecular formula is C15H13BrFNO. The molecule has 1 heterocycles. The number of para-hydroxylation sites is 1. The van der Waals surface area contributed by atoms with Crippen molar-refractivity contribution >= 4 is 21.6 Å². The molecule has 1 aliphatic rings. The van der Waals surface area contributed by atoms with Crippen molar-refractivity contribution in [1.29, 1.82) is 0 Å². The third kappa shape index (κ3) is 2.73. The van der Waals surface area contributed by atoms with Crippen LogP contribution in [0.3, 0.4) is 0 Å². The molecule has 19 heavy (non-hydrogen) atoms. The first kappa shape index (κ1) is 12.5. The second-order valence-electron chi connectivity index (χ2n) is 4.56. The molecule has 2 aromatic carbocycles. The first-order chi connectivity index (χ1) is 9.22. The van der Waals surface area contributed by atoms with Crippen molar-refractivity contribution in [3.63, 3.8) is 0 Å². The van der Waals surface area contributed by atoms with Gasteiger partial charge in [0.2, 0.25) is 0 Å². The van der Waals surface area contributed by atoms with Gasteiger partial charge in [0.25, 0.3) is 0 Å². The zero-order valence-electron chi connectivity index (χ0n) is 10.2. The Balaban J connectivity index is 1.61. The van der Waals surface area contributed by atoms with Crippen LogP contribution in [0, 0.1) is 5.82 Å². The minimum atomic E-state index is -0.263. The molecule has 0 saturated carbocycles. The van der Waals surface area contributed by atoms with Crippen LogP contribution in [0.15, 0.2) is 46.9 Å². The van der Waals surface area contributed by atoms with Gasteiger partial charge in [0.1, 0.15) is 17.7 Å². The van der Waals surface area contributed by atoms with Gasteiger partial charge in [-0.2, -0.15) is 0 Å². The molecule has 0 saturated heterocycles. The Morgan fingerprint density at radius 3 is 2.89 bits per heavy atom. The van der Waals surface area contributed by atoms with Gasteiger partial charge in [-0.1, -0.05) is 18.2 Å². The van der Waals surface area contributed by atoms with Crippen LogP contribution in [-0.4, -0.2) is 12.6 Å². The van der Waals surface area contributed by atoms with E-state index in [2.05, 4.69) is 27.3 Å². The van der Waals surface area contributed by atoms with Gasteiger partial charge in [0.05, 0.1) is 11.0 Å². The number of anilines is 1. The Bertz CT molecular complexity index is 577. The van der Waals surface area contributed by atoms with E-state index < -0.39 is 0 Å². The van der Waals surface area contributed by atoms with E-state index in [1.165, 1.54) is 11.6 Å². The fourth-order valence-corrected chi connectivity index (χ4v) is 2.45. The highest BCUT2D eigenvalue weighted by molar-refractivity contribution is 9.10. The van der Waals surface area contributed by atoms with Crippen LogP contribution in [0.1, 0.15) is 5.56 Å². The molecule has 0 spiro atoms. The number of rotatable bonds is 3. The number of hydrogen-bond donors (Lipinski definition) is 1. The van der Waals surface area contributed by atoms with E-state index in [9.17, 15) is 4.39 Å². The van der Waals surface area contributed by atoms with Gasteiger partial charge in [0, 0.05) is 12.1 Å². The normalized spacial score (nSPS) is 16.8. The predicted octanol–water partition coefficient (Wildman–Crippen LogP) is 4.00. The molecule has 4 heteroatoms. The van der Waals surface area contributed by atoms with Gasteiger partial charge in [-0.25, -0.2) is 4.39 Å². The van der Waals surface area contributed by atoms with Gasteiger partial charge in [-0.05, 0) is 45.8 Å². The van der Waals surface area contributed by atoms with Crippen LogP contribution in [0.5, 0.6) is 5.75 Å². The van der Waals surface area contributed by atoms with Crippen molar-refractivity contribution in [2.24, 2.45) is 0 Å². The van der Waals surface area contributed by atoms with Gasteiger partial charge in [0.15, 0.2) is 0 Å². The summed E-state index contributed by atoms with van der Waals surface area (Å²) in [5.74, 6) is 0.692. The van der Waals surface area contributed by atoms with E-state index in [4.69, 9.17) is 4.74 Å². The Kier molecular flexibility index (Phi) is 3.42. The first-order valence-electron chi connectivity index (χ1n) is 6.16. The zero-order valence-corrected chi connectivity index (χ0v) is 11.8. The Labute approximate surface area is 119 Å². The summed E-state index contributed by atoms with van der Waals surface area (Å²) in [4.78, 5) is 0. The molecule has 3 rings (SSSR count). The van der Waals surface area contributed by atoms with Crippen LogP contribution in [0.25, 0.3) is 0 Å². The predicted molar refractivity (Wildman–Crippen MR) is 77.2 cm³/mol. The highest BCUT2D eigenvalue weighted by atomic mass is 79.9. The van der Waals surface area contributed by atoms with E-state index in [0.29, 0.717) is 11.0 Å². The van der Waals surface area contributed by atoms with Crippen molar-refractivity contribution in [1.82, 2.24) is 0 Å². The quantitative estimate of drug-likeness (QED) is 0.922. The van der Waals surface area contributed by atoms with Crippen molar-refractivity contribution in [2.75, 3.05) is 11.9 Å². The third-order valence-electron chi connectivity index (χ3n) is 3.17. The van der Waals surface area contributed by atoms with Gasteiger partial charge in [-0.15, -0.1) is 0 Å². The molecule has 0 fully saturated rings. The van der Waals surface area contributed by atoms with Crippen LogP contribution >= 0.6 is 15.9 Å². The molecule has 0 aromatic heterocycles. The molecule has 0 bridgehead atoms. The minimum Gasteiger partial charge on any atom is -0.488 e. The van der Waals surface area contributed by atoms with Gasteiger partial charge < -0.3 is 10.1 Å². The van der Waals surface area contributed by atoms with E-state index in [1.807, 2.05) is 24.3 Å². The summed E-state index contributed by atoms with van der Waals surface area (Å²) in [5.41, 5.74) is 2.00. The smallest absolute Gasteiger partial charge is 0.139 e. The number of hydrogen-bond acceptors (Lipinski definition) is 2. The standard InChI is InChI=1S/C15H13BrFNO/c16-13-6-5-11(8-14(13)17)18-9-12-7-10-3-1-2-4-15(10)19-12/h1-6,8,12,18H,7,9H2. The average Bonchev–Trinajstić information content (AvgIpc) is 2.83. The van der Waals surface area contributed by atoms with Gasteiger partial charge in [-0.3, -0.25) is 0 Å². The number of nitrogens with one attached hydrogen (secondary N) is 1. The van der Waals surface area contributed by atoms with Crippen molar-refractivity contribution in [3.8, 4) is 5.75 Å². The molecule has 2 nitrogen and oxygen atoms in total. The van der Waals surface area contributed by atoms with Crippen molar-refractivity contribution < 1.29 is 9.13 Å². The average molecular weight is 322 g/mol. The second kappa shape index (κ2) is 5.21.